The number of ether oxygens (including phenoxy) is 1. The van der Waals surface area contributed by atoms with E-state index in [2.05, 4.69) is 4.18 Å². The number of unbranched alkanes of at least 4 members (excludes halogenated alkanes) is 1. The van der Waals surface area contributed by atoms with E-state index in [1.807, 2.05) is 6.92 Å². The molecule has 0 fully saturated rings. The SMILES string of the molecule is CCCCOC(C)OS(=O)(=O)[O-].[Li+]. The van der Waals surface area contributed by atoms with Gasteiger partial charge < -0.3 is 9.29 Å². The molecule has 0 aliphatic rings. The van der Waals surface area contributed by atoms with Crippen LogP contribution >= 0.6 is 0 Å². The van der Waals surface area contributed by atoms with Gasteiger partial charge in [0.1, 0.15) is 0 Å². The molecule has 74 valence electrons. The van der Waals surface area contributed by atoms with Crippen molar-refractivity contribution in [2.24, 2.45) is 0 Å². The molecule has 0 N–H and O–H groups in total. The van der Waals surface area contributed by atoms with Crippen LogP contribution in [0.15, 0.2) is 0 Å². The quantitative estimate of drug-likeness (QED) is 0.159. The first-order chi connectivity index (χ1) is 5.45. The Morgan fingerprint density at radius 1 is 1.46 bits per heavy atom. The van der Waals surface area contributed by atoms with Crippen LogP contribution in [0.1, 0.15) is 26.7 Å². The van der Waals surface area contributed by atoms with Crippen molar-refractivity contribution in [3.63, 3.8) is 0 Å². The smallest absolute Gasteiger partial charge is 0.725 e. The topological polar surface area (TPSA) is 75.7 Å². The summed E-state index contributed by atoms with van der Waals surface area (Å²) in [6, 6.07) is 0. The van der Waals surface area contributed by atoms with Crippen molar-refractivity contribution in [1.29, 1.82) is 0 Å². The van der Waals surface area contributed by atoms with Gasteiger partial charge in [0, 0.05) is 6.61 Å². The molecule has 0 rings (SSSR count). The second-order valence-electron chi connectivity index (χ2n) is 2.30. The fraction of sp³-hybridized carbons (Fsp3) is 1.00. The van der Waals surface area contributed by atoms with Crippen LogP contribution < -0.4 is 18.9 Å². The average molecular weight is 204 g/mol. The van der Waals surface area contributed by atoms with Crippen molar-refractivity contribution >= 4 is 10.4 Å². The van der Waals surface area contributed by atoms with Gasteiger partial charge in [-0.05, 0) is 13.3 Å². The Morgan fingerprint density at radius 3 is 2.38 bits per heavy atom. The number of rotatable bonds is 6. The van der Waals surface area contributed by atoms with Gasteiger partial charge in [0.15, 0.2) is 6.29 Å². The third kappa shape index (κ3) is 12.4. The first-order valence-electron chi connectivity index (χ1n) is 3.71. The van der Waals surface area contributed by atoms with E-state index in [-0.39, 0.29) is 18.9 Å². The molecule has 7 heteroatoms. The Labute approximate surface area is 90.9 Å². The maximum Gasteiger partial charge on any atom is 1.00 e. The Bertz CT molecular complexity index is 203. The van der Waals surface area contributed by atoms with Crippen molar-refractivity contribution < 1.29 is 40.8 Å². The van der Waals surface area contributed by atoms with Crippen LogP contribution in [0.5, 0.6) is 0 Å². The summed E-state index contributed by atoms with van der Waals surface area (Å²) in [6.45, 7) is 3.73. The van der Waals surface area contributed by atoms with Crippen LogP contribution in [-0.2, 0) is 19.3 Å². The molecule has 0 saturated heterocycles. The van der Waals surface area contributed by atoms with Crippen LogP contribution in [0.2, 0.25) is 0 Å². The van der Waals surface area contributed by atoms with Gasteiger partial charge in [-0.1, -0.05) is 13.3 Å². The summed E-state index contributed by atoms with van der Waals surface area (Å²) in [5, 5.41) is 0. The van der Waals surface area contributed by atoms with Crippen LogP contribution in [0.3, 0.4) is 0 Å². The van der Waals surface area contributed by atoms with Crippen molar-refractivity contribution in [2.75, 3.05) is 6.61 Å². The summed E-state index contributed by atoms with van der Waals surface area (Å²) in [5.41, 5.74) is 0. The zero-order valence-corrected chi connectivity index (χ0v) is 8.96. The molecular formula is C6H13LiO5S. The zero-order chi connectivity index (χ0) is 9.61. The molecule has 0 amide bonds. The third-order valence-electron chi connectivity index (χ3n) is 1.10. The largest absolute Gasteiger partial charge is 1.00 e. The molecule has 1 atom stereocenters. The normalized spacial score (nSPS) is 13.5. The maximum atomic E-state index is 10.0. The minimum atomic E-state index is -4.64. The van der Waals surface area contributed by atoms with Gasteiger partial charge in [0.05, 0.1) is 0 Å². The Balaban J connectivity index is 0. The maximum absolute atomic E-state index is 10.0. The number of hydrogen-bond donors (Lipinski definition) is 0. The van der Waals surface area contributed by atoms with Crippen molar-refractivity contribution in [2.45, 2.75) is 33.0 Å². The monoisotopic (exact) mass is 204 g/mol. The molecule has 0 aromatic heterocycles. The molecule has 1 unspecified atom stereocenters. The fourth-order valence-electron chi connectivity index (χ4n) is 0.587. The first-order valence-corrected chi connectivity index (χ1v) is 5.04. The molecule has 0 heterocycles. The van der Waals surface area contributed by atoms with Crippen LogP contribution in [0.25, 0.3) is 0 Å². The fourth-order valence-corrected chi connectivity index (χ4v) is 0.975. The van der Waals surface area contributed by atoms with E-state index in [1.54, 1.807) is 0 Å². The van der Waals surface area contributed by atoms with E-state index in [4.69, 9.17) is 4.74 Å². The van der Waals surface area contributed by atoms with E-state index in [0.717, 1.165) is 12.8 Å². The standard InChI is InChI=1S/C6H14O5S.Li/c1-3-4-5-10-6(2)11-12(7,8)9;/h6H,3-5H2,1-2H3,(H,7,8,9);/q;+1/p-1. The summed E-state index contributed by atoms with van der Waals surface area (Å²) in [7, 11) is -4.64. The Morgan fingerprint density at radius 2 is 2.00 bits per heavy atom. The van der Waals surface area contributed by atoms with E-state index in [0.29, 0.717) is 6.61 Å². The summed E-state index contributed by atoms with van der Waals surface area (Å²) < 4.78 is 38.9. The van der Waals surface area contributed by atoms with Crippen molar-refractivity contribution in [3.8, 4) is 0 Å². The number of hydrogen-bond acceptors (Lipinski definition) is 5. The molecule has 0 aromatic carbocycles. The summed E-state index contributed by atoms with van der Waals surface area (Å²) in [6.07, 6.45) is 0.766. The molecule has 5 nitrogen and oxygen atoms in total. The molecule has 0 aromatic rings. The summed E-state index contributed by atoms with van der Waals surface area (Å²) in [4.78, 5) is 0. The van der Waals surface area contributed by atoms with E-state index >= 15 is 0 Å². The van der Waals surface area contributed by atoms with Crippen LogP contribution in [0.4, 0.5) is 0 Å². The molecule has 13 heavy (non-hydrogen) atoms. The van der Waals surface area contributed by atoms with Crippen molar-refractivity contribution in [3.05, 3.63) is 0 Å². The zero-order valence-electron chi connectivity index (χ0n) is 8.15. The average Bonchev–Trinajstić information content (AvgIpc) is 1.84. The van der Waals surface area contributed by atoms with Gasteiger partial charge in [-0.25, -0.2) is 12.6 Å². The first kappa shape index (κ1) is 15.9. The third-order valence-corrected chi connectivity index (χ3v) is 1.61. The Hall–Kier alpha value is 0.427. The molecule has 0 aliphatic heterocycles. The van der Waals surface area contributed by atoms with Gasteiger partial charge in [-0.2, -0.15) is 0 Å². The van der Waals surface area contributed by atoms with Gasteiger partial charge in [0.2, 0.25) is 10.4 Å². The Kier molecular flexibility index (Phi) is 9.52. The minimum absolute atomic E-state index is 0. The van der Waals surface area contributed by atoms with E-state index < -0.39 is 16.7 Å². The predicted molar refractivity (Wildman–Crippen MR) is 41.1 cm³/mol. The minimum Gasteiger partial charge on any atom is -0.725 e. The predicted octanol–water partition coefficient (Wildman–Crippen LogP) is -2.37. The summed E-state index contributed by atoms with van der Waals surface area (Å²) in [5.74, 6) is 0. The molecule has 0 spiro atoms. The van der Waals surface area contributed by atoms with E-state index in [1.165, 1.54) is 6.92 Å². The second-order valence-corrected chi connectivity index (χ2v) is 3.31. The van der Waals surface area contributed by atoms with Gasteiger partial charge in [-0.15, -0.1) is 0 Å². The molecule has 0 radical (unpaired) electrons. The van der Waals surface area contributed by atoms with Gasteiger partial charge in [0.25, 0.3) is 0 Å². The molecule has 0 saturated carbocycles. The van der Waals surface area contributed by atoms with Crippen LogP contribution in [0, 0.1) is 0 Å². The summed E-state index contributed by atoms with van der Waals surface area (Å²) >= 11 is 0. The van der Waals surface area contributed by atoms with Crippen molar-refractivity contribution in [1.82, 2.24) is 0 Å². The van der Waals surface area contributed by atoms with Gasteiger partial charge in [-0.3, -0.25) is 0 Å². The molecular weight excluding hydrogens is 191 g/mol. The molecule has 0 bridgehead atoms. The van der Waals surface area contributed by atoms with Gasteiger partial charge >= 0.3 is 18.9 Å². The van der Waals surface area contributed by atoms with Crippen LogP contribution in [-0.4, -0.2) is 25.9 Å². The molecule has 0 aliphatic carbocycles. The second kappa shape index (κ2) is 7.80. The van der Waals surface area contributed by atoms with E-state index in [9.17, 15) is 13.0 Å².